The van der Waals surface area contributed by atoms with Gasteiger partial charge in [0.15, 0.2) is 37.7 Å². The molecule has 96 heavy (non-hydrogen) atoms. The summed E-state index contributed by atoms with van der Waals surface area (Å²) in [6.07, 6.45) is -75.7. The van der Waals surface area contributed by atoms with E-state index in [1.54, 1.807) is 0 Å². The number of hydrogen-bond donors (Lipinski definition) is 28. The van der Waals surface area contributed by atoms with Crippen LogP contribution < -0.4 is 11.5 Å². The third-order valence-electron chi connectivity index (χ3n) is 16.3. The molecule has 36 atom stereocenters. The number of aliphatic hydroxyl groups is 19. The molecule has 48 nitrogen and oxygen atoms in total. The van der Waals surface area contributed by atoms with E-state index in [2.05, 4.69) is 4.52 Å². The number of ether oxygens (including phenoxy) is 13. The highest BCUT2D eigenvalue weighted by atomic mass is 31.2. The Balaban J connectivity index is 1.14. The lowest BCUT2D eigenvalue weighted by Gasteiger charge is -2.51. The van der Waals surface area contributed by atoms with Crippen molar-refractivity contribution in [3.63, 3.8) is 0 Å². The summed E-state index contributed by atoms with van der Waals surface area (Å²) < 4.78 is 124. The van der Waals surface area contributed by atoms with E-state index in [4.69, 9.17) is 82.1 Å². The van der Waals surface area contributed by atoms with Gasteiger partial charge in [-0.15, -0.1) is 0 Å². The molecule has 7 aliphatic rings. The van der Waals surface area contributed by atoms with Crippen molar-refractivity contribution in [1.29, 1.82) is 0 Å². The zero-order valence-electron chi connectivity index (χ0n) is 49.2. The predicted octanol–water partition coefficient (Wildman–Crippen LogP) is -16.8. The molecular formula is C45H81N2O46P3. The van der Waals surface area contributed by atoms with Gasteiger partial charge in [-0.1, -0.05) is 0 Å². The third kappa shape index (κ3) is 18.9. The van der Waals surface area contributed by atoms with Gasteiger partial charge < -0.3 is 205 Å². The van der Waals surface area contributed by atoms with Crippen molar-refractivity contribution in [3.8, 4) is 0 Å². The number of aliphatic hydroxyl groups excluding tert-OH is 19. The van der Waals surface area contributed by atoms with E-state index in [1.165, 1.54) is 0 Å². The number of phosphoric ester groups is 3. The topological polar surface area (TPSA) is 794 Å². The lowest BCUT2D eigenvalue weighted by atomic mass is 9.91. The standard InChI is InChI=1S/C45H81N2O46P3/c46-17-21(58)19(56)15(80-38(17)66)7-78-39-18(47)22(59)33(92-95(72,73)74)16(83-39)8-79-45(44(67)68)1-12(91-94(69,70)71)34(31(90-45)11(55)4-50)87-43-37(93-96(75,76)77)27(64)36(30(85-43)10(54)3-49)89-40-26(63)24(61)32(14(6-52)82-40)86-42-28(65)35(20(57)13(5-51)81-42)88-41-25(62)23(60)29(84-41)9(53)2-48/h9-43,48-66H,1-8,46-47H2,(H,67,68)(H2,69,70,71)(H2,72,73,74)(H2,75,76,77)/t9-,10-,11-,12-,13-,14-,15-,16-,17-,18-,19-,20+,21-,22-,23-,24-,25-,26-,27+,28-,29+,30-,31-,32-,33-,34-,35+,36+,37+,38+,39-,40+,41+,42+,43-,45-/m1/s1. The van der Waals surface area contributed by atoms with Gasteiger partial charge in [0, 0.05) is 6.42 Å². The third-order valence-corrected chi connectivity index (χ3v) is 17.9. The first-order chi connectivity index (χ1) is 44.6. The Kier molecular flexibility index (Phi) is 28.5. The van der Waals surface area contributed by atoms with Crippen LogP contribution in [-0.4, -0.2) is 404 Å². The number of nitrogens with two attached hydrogens (primary N) is 2. The van der Waals surface area contributed by atoms with Crippen LogP contribution in [0.25, 0.3) is 0 Å². The summed E-state index contributed by atoms with van der Waals surface area (Å²) in [5.41, 5.74) is 11.6. The van der Waals surface area contributed by atoms with Gasteiger partial charge in [0.05, 0.1) is 58.3 Å². The minimum absolute atomic E-state index is 0.884. The summed E-state index contributed by atoms with van der Waals surface area (Å²) in [5.74, 6) is -5.93. The molecule has 0 unspecified atom stereocenters. The van der Waals surface area contributed by atoms with Crippen LogP contribution in [0.1, 0.15) is 6.42 Å². The molecule has 30 N–H and O–H groups in total. The summed E-state index contributed by atoms with van der Waals surface area (Å²) >= 11 is 0. The zero-order chi connectivity index (χ0) is 71.8. The van der Waals surface area contributed by atoms with E-state index in [1.807, 2.05) is 0 Å². The van der Waals surface area contributed by atoms with Crippen molar-refractivity contribution in [3.05, 3.63) is 0 Å². The molecule has 51 heteroatoms. The minimum Gasteiger partial charge on any atom is -0.477 e. The van der Waals surface area contributed by atoms with Crippen LogP contribution in [-0.2, 0) is 93.6 Å². The van der Waals surface area contributed by atoms with Crippen LogP contribution in [0.3, 0.4) is 0 Å². The summed E-state index contributed by atoms with van der Waals surface area (Å²) in [5, 5.41) is 214. The zero-order valence-corrected chi connectivity index (χ0v) is 51.8. The molecule has 7 fully saturated rings. The molecule has 0 saturated carbocycles. The molecule has 0 radical (unpaired) electrons. The molecule has 0 aliphatic carbocycles. The molecule has 0 aromatic rings. The van der Waals surface area contributed by atoms with Crippen molar-refractivity contribution < 1.29 is 225 Å². The maximum Gasteiger partial charge on any atom is 0.470 e. The Morgan fingerprint density at radius 3 is 1.50 bits per heavy atom. The highest BCUT2D eigenvalue weighted by Gasteiger charge is 2.63. The fourth-order valence-electron chi connectivity index (χ4n) is 11.4. The summed E-state index contributed by atoms with van der Waals surface area (Å²) in [6.45, 7) is -8.70. The van der Waals surface area contributed by atoms with E-state index < -0.39 is 303 Å². The summed E-state index contributed by atoms with van der Waals surface area (Å²) in [4.78, 5) is 73.7. The van der Waals surface area contributed by atoms with Crippen LogP contribution in [0, 0.1) is 0 Å². The largest absolute Gasteiger partial charge is 0.477 e. The molecule has 7 aliphatic heterocycles. The maximum absolute atomic E-state index is 13.4. The van der Waals surface area contributed by atoms with E-state index in [9.17, 15) is 150 Å². The van der Waals surface area contributed by atoms with Crippen molar-refractivity contribution in [2.24, 2.45) is 11.5 Å². The van der Waals surface area contributed by atoms with Crippen LogP contribution in [0.4, 0.5) is 0 Å². The molecule has 0 aromatic heterocycles. The average Bonchev–Trinajstić information content (AvgIpc) is 0.881. The van der Waals surface area contributed by atoms with Crippen LogP contribution in [0.15, 0.2) is 0 Å². The second-order valence-corrected chi connectivity index (χ2v) is 26.5. The molecule has 7 saturated heterocycles. The van der Waals surface area contributed by atoms with E-state index in [-0.39, 0.29) is 0 Å². The van der Waals surface area contributed by atoms with Gasteiger partial charge in [0.1, 0.15) is 165 Å². The van der Waals surface area contributed by atoms with Gasteiger partial charge in [0.25, 0.3) is 5.79 Å². The quantitative estimate of drug-likeness (QED) is 0.0309. The fourth-order valence-corrected chi connectivity index (χ4v) is 13.0. The van der Waals surface area contributed by atoms with Crippen molar-refractivity contribution in [2.45, 2.75) is 227 Å². The number of carboxylic acid groups (broad SMARTS) is 1. The monoisotopic (exact) mass is 1480 g/mol. The molecule has 562 valence electrons. The fraction of sp³-hybridized carbons (Fsp3) is 0.978. The number of phosphoric acid groups is 3. The van der Waals surface area contributed by atoms with Crippen molar-refractivity contribution >= 4 is 29.4 Å². The van der Waals surface area contributed by atoms with E-state index >= 15 is 0 Å². The normalized spacial score (nSPS) is 46.3. The van der Waals surface area contributed by atoms with Gasteiger partial charge in [-0.2, -0.15) is 0 Å². The first-order valence-electron chi connectivity index (χ1n) is 28.7. The lowest BCUT2D eigenvalue weighted by molar-refractivity contribution is -0.394. The number of rotatable bonds is 29. The molecule has 7 rings (SSSR count). The second kappa shape index (κ2) is 33.5. The Morgan fingerprint density at radius 2 is 0.927 bits per heavy atom. The van der Waals surface area contributed by atoms with Gasteiger partial charge in [-0.3, -0.25) is 13.6 Å². The first kappa shape index (κ1) is 81.7. The number of carbonyl (C=O) groups is 1. The van der Waals surface area contributed by atoms with E-state index in [0.717, 1.165) is 0 Å². The number of carboxylic acids is 1. The van der Waals surface area contributed by atoms with Crippen LogP contribution >= 0.6 is 23.5 Å². The predicted molar refractivity (Wildman–Crippen MR) is 286 cm³/mol. The van der Waals surface area contributed by atoms with Gasteiger partial charge in [0.2, 0.25) is 0 Å². The highest BCUT2D eigenvalue weighted by molar-refractivity contribution is 7.46. The molecule has 0 spiro atoms. The number of hydrogen-bond acceptors (Lipinski definition) is 41. The summed E-state index contributed by atoms with van der Waals surface area (Å²) in [6, 6.07) is -3.43. The van der Waals surface area contributed by atoms with E-state index in [0.29, 0.717) is 0 Å². The SMILES string of the molecule is N[C@@H]1[C@@H](O)[C@H](O)[C@@H](CO[C@@H]2O[C@H](CO[C@]3(C(=O)O)C[C@@H](OP(=O)(O)O)[C@@H](O[C@H]4O[C@H]([C@H](O)CO)[C@@H](O[C@@H]5O[C@H](CO)[C@@H](O[C@@H]6O[C@H](CO)[C@H](O)[C@H](O[C@@H]7O[C@@H]([C@H](O)CO)[C@H](O)[C@H]7O)[C@H]6O)[C@H](O)[C@H]5O)[C@H](O)[C@@H]4OP(=O)(O)O)[C@@H]([C@H](O)CO)O3)[C@@H](OP(=O)(O)O)[C@H](O)[C@H]2N)O[C@@H]1O. The molecule has 0 bridgehead atoms. The van der Waals surface area contributed by atoms with Gasteiger partial charge in [-0.05, 0) is 0 Å². The lowest BCUT2D eigenvalue weighted by Crippen LogP contribution is -2.69. The highest BCUT2D eigenvalue weighted by Crippen LogP contribution is 2.49. The van der Waals surface area contributed by atoms with Crippen molar-refractivity contribution in [1.82, 2.24) is 0 Å². The second-order valence-electron chi connectivity index (χ2n) is 23.0. The van der Waals surface area contributed by atoms with Crippen LogP contribution in [0.5, 0.6) is 0 Å². The summed E-state index contributed by atoms with van der Waals surface area (Å²) in [7, 11) is -17.9. The molecular weight excluding hydrogens is 1400 g/mol. The Morgan fingerprint density at radius 1 is 0.438 bits per heavy atom. The maximum atomic E-state index is 13.4. The minimum atomic E-state index is -6.09. The smallest absolute Gasteiger partial charge is 0.470 e. The first-order valence-corrected chi connectivity index (χ1v) is 33.3. The molecule has 0 aromatic carbocycles. The Bertz CT molecular complexity index is 2620. The van der Waals surface area contributed by atoms with Gasteiger partial charge in [-0.25, -0.2) is 18.5 Å². The number of aliphatic carboxylic acids is 1. The Labute approximate surface area is 538 Å². The molecule has 7 heterocycles. The van der Waals surface area contributed by atoms with Crippen molar-refractivity contribution in [2.75, 3.05) is 46.2 Å². The Hall–Kier alpha value is -1.56. The molecule has 0 amide bonds. The van der Waals surface area contributed by atoms with Crippen LogP contribution in [0.2, 0.25) is 0 Å². The average molecular weight is 1480 g/mol. The van der Waals surface area contributed by atoms with Gasteiger partial charge >= 0.3 is 29.4 Å².